The SMILES string of the molecule is CCC(F)(CC)CN1CCC(COc2ccc(-c3ccc(C(=O)N4CCCC(O)C4)c(F)c3F)cc2)CC1. The van der Waals surface area contributed by atoms with Crippen LogP contribution < -0.4 is 4.74 Å². The second-order valence-corrected chi connectivity index (χ2v) is 10.7. The van der Waals surface area contributed by atoms with Crippen molar-refractivity contribution in [3.05, 3.63) is 53.6 Å². The third kappa shape index (κ3) is 6.70. The lowest BCUT2D eigenvalue weighted by Crippen LogP contribution is -2.44. The largest absolute Gasteiger partial charge is 0.493 e. The molecule has 2 saturated heterocycles. The molecule has 1 amide bonds. The van der Waals surface area contributed by atoms with Crippen LogP contribution >= 0.6 is 0 Å². The maximum absolute atomic E-state index is 15.0. The number of benzene rings is 2. The minimum atomic E-state index is -1.18. The van der Waals surface area contributed by atoms with E-state index in [1.807, 2.05) is 13.8 Å². The number of hydrogen-bond acceptors (Lipinski definition) is 4. The molecule has 1 N–H and O–H groups in total. The van der Waals surface area contributed by atoms with Gasteiger partial charge in [0.2, 0.25) is 0 Å². The molecule has 0 aliphatic carbocycles. The summed E-state index contributed by atoms with van der Waals surface area (Å²) in [4.78, 5) is 16.3. The number of alkyl halides is 1. The zero-order chi connectivity index (χ0) is 27.3. The fourth-order valence-corrected chi connectivity index (χ4v) is 5.38. The van der Waals surface area contributed by atoms with Crippen LogP contribution in [0.2, 0.25) is 0 Å². The highest BCUT2D eigenvalue weighted by atomic mass is 19.2. The first-order chi connectivity index (χ1) is 18.2. The molecule has 4 rings (SSSR count). The lowest BCUT2D eigenvalue weighted by atomic mass is 9.94. The number of nitrogens with zero attached hydrogens (tertiary/aromatic N) is 2. The minimum absolute atomic E-state index is 0.0692. The van der Waals surface area contributed by atoms with Crippen LogP contribution in [0.15, 0.2) is 36.4 Å². The van der Waals surface area contributed by atoms with E-state index in [-0.39, 0.29) is 17.7 Å². The molecule has 8 heteroatoms. The summed E-state index contributed by atoms with van der Waals surface area (Å²) in [6, 6.07) is 9.54. The Morgan fingerprint density at radius 1 is 1.00 bits per heavy atom. The van der Waals surface area contributed by atoms with Gasteiger partial charge < -0.3 is 19.6 Å². The number of β-amino-alcohol motifs (C(OH)–C–C–N with tert-alkyl or cyclic N) is 1. The molecule has 0 bridgehead atoms. The maximum Gasteiger partial charge on any atom is 0.257 e. The number of likely N-dealkylation sites (tertiary alicyclic amines) is 2. The quantitative estimate of drug-likeness (QED) is 0.440. The molecular formula is C30H39F3N2O3. The van der Waals surface area contributed by atoms with Crippen molar-refractivity contribution in [3.63, 3.8) is 0 Å². The summed E-state index contributed by atoms with van der Waals surface area (Å²) < 4.78 is 50.5. The Kier molecular flexibility index (Phi) is 9.36. The normalized spacial score (nSPS) is 19.5. The summed E-state index contributed by atoms with van der Waals surface area (Å²) in [5.41, 5.74) is -0.885. The zero-order valence-electron chi connectivity index (χ0n) is 22.4. The second kappa shape index (κ2) is 12.5. The third-order valence-corrected chi connectivity index (χ3v) is 8.13. The van der Waals surface area contributed by atoms with Crippen LogP contribution in [0, 0.1) is 17.6 Å². The highest BCUT2D eigenvalue weighted by molar-refractivity contribution is 5.95. The van der Waals surface area contributed by atoms with E-state index in [0.717, 1.165) is 25.9 Å². The van der Waals surface area contributed by atoms with E-state index in [9.17, 15) is 23.1 Å². The molecular weight excluding hydrogens is 493 g/mol. The number of aliphatic hydroxyl groups excluding tert-OH is 1. The summed E-state index contributed by atoms with van der Waals surface area (Å²) in [5.74, 6) is -1.83. The van der Waals surface area contributed by atoms with Gasteiger partial charge in [-0.1, -0.05) is 32.0 Å². The summed E-state index contributed by atoms with van der Waals surface area (Å²) >= 11 is 0. The summed E-state index contributed by atoms with van der Waals surface area (Å²) in [6.07, 6.45) is 3.55. The van der Waals surface area contributed by atoms with E-state index in [4.69, 9.17) is 4.74 Å². The molecule has 1 atom stereocenters. The van der Waals surface area contributed by atoms with Crippen molar-refractivity contribution < 1.29 is 27.8 Å². The molecule has 208 valence electrons. The van der Waals surface area contributed by atoms with Gasteiger partial charge in [-0.05, 0) is 81.3 Å². The van der Waals surface area contributed by atoms with Gasteiger partial charge in [-0.2, -0.15) is 0 Å². The van der Waals surface area contributed by atoms with Gasteiger partial charge in [0.25, 0.3) is 5.91 Å². The molecule has 2 fully saturated rings. The van der Waals surface area contributed by atoms with E-state index in [1.165, 1.54) is 17.0 Å². The second-order valence-electron chi connectivity index (χ2n) is 10.7. The number of rotatable bonds is 9. The molecule has 2 aromatic rings. The van der Waals surface area contributed by atoms with Gasteiger partial charge in [0.15, 0.2) is 11.6 Å². The van der Waals surface area contributed by atoms with E-state index < -0.39 is 29.3 Å². The molecule has 0 saturated carbocycles. The first kappa shape index (κ1) is 28.4. The Morgan fingerprint density at radius 3 is 2.32 bits per heavy atom. The fourth-order valence-electron chi connectivity index (χ4n) is 5.38. The van der Waals surface area contributed by atoms with Crippen LogP contribution in [-0.2, 0) is 0 Å². The Bertz CT molecular complexity index is 1080. The smallest absolute Gasteiger partial charge is 0.257 e. The van der Waals surface area contributed by atoms with Crippen molar-refractivity contribution in [2.45, 2.75) is 64.1 Å². The number of aliphatic hydroxyl groups is 1. The zero-order valence-corrected chi connectivity index (χ0v) is 22.4. The van der Waals surface area contributed by atoms with Crippen LogP contribution in [0.4, 0.5) is 13.2 Å². The highest BCUT2D eigenvalue weighted by Gasteiger charge is 2.30. The van der Waals surface area contributed by atoms with Crippen LogP contribution in [0.5, 0.6) is 5.75 Å². The number of hydrogen-bond donors (Lipinski definition) is 1. The molecule has 2 aliphatic heterocycles. The lowest BCUT2D eigenvalue weighted by Gasteiger charge is -2.36. The Hall–Kier alpha value is -2.58. The number of ether oxygens (including phenoxy) is 1. The number of amides is 1. The number of piperidine rings is 2. The third-order valence-electron chi connectivity index (χ3n) is 8.13. The summed E-state index contributed by atoms with van der Waals surface area (Å²) in [6.45, 7) is 7.11. The Morgan fingerprint density at radius 2 is 1.68 bits per heavy atom. The topological polar surface area (TPSA) is 53.0 Å². The van der Waals surface area contributed by atoms with Gasteiger partial charge in [0, 0.05) is 25.2 Å². The molecule has 0 radical (unpaired) electrons. The molecule has 5 nitrogen and oxygen atoms in total. The predicted molar refractivity (Wildman–Crippen MR) is 142 cm³/mol. The van der Waals surface area contributed by atoms with E-state index in [0.29, 0.717) is 62.6 Å². The van der Waals surface area contributed by atoms with Gasteiger partial charge in [0.05, 0.1) is 18.3 Å². The van der Waals surface area contributed by atoms with Crippen LogP contribution in [-0.4, -0.2) is 71.9 Å². The van der Waals surface area contributed by atoms with Crippen LogP contribution in [0.25, 0.3) is 11.1 Å². The van der Waals surface area contributed by atoms with Gasteiger partial charge in [-0.3, -0.25) is 4.79 Å². The Balaban J connectivity index is 1.32. The number of carbonyl (C=O) groups is 1. The van der Waals surface area contributed by atoms with E-state index >= 15 is 0 Å². The molecule has 38 heavy (non-hydrogen) atoms. The van der Waals surface area contributed by atoms with Crippen molar-refractivity contribution in [2.75, 3.05) is 39.3 Å². The lowest BCUT2D eigenvalue weighted by molar-refractivity contribution is 0.0469. The molecule has 2 aromatic carbocycles. The first-order valence-electron chi connectivity index (χ1n) is 13.8. The fraction of sp³-hybridized carbons (Fsp3) is 0.567. The number of halogens is 3. The molecule has 2 aliphatic rings. The minimum Gasteiger partial charge on any atom is -0.493 e. The van der Waals surface area contributed by atoms with E-state index in [1.54, 1.807) is 24.3 Å². The summed E-state index contributed by atoms with van der Waals surface area (Å²) in [5, 5.41) is 9.80. The molecule has 0 aromatic heterocycles. The molecule has 0 spiro atoms. The molecule has 2 heterocycles. The highest BCUT2D eigenvalue weighted by Crippen LogP contribution is 2.30. The average molecular weight is 533 g/mol. The summed E-state index contributed by atoms with van der Waals surface area (Å²) in [7, 11) is 0. The van der Waals surface area contributed by atoms with Crippen molar-refractivity contribution in [2.24, 2.45) is 5.92 Å². The predicted octanol–water partition coefficient (Wildman–Crippen LogP) is 5.85. The van der Waals surface area contributed by atoms with Gasteiger partial charge in [0.1, 0.15) is 11.4 Å². The molecule has 1 unspecified atom stereocenters. The van der Waals surface area contributed by atoms with Crippen molar-refractivity contribution in [3.8, 4) is 16.9 Å². The first-order valence-corrected chi connectivity index (χ1v) is 13.8. The van der Waals surface area contributed by atoms with Gasteiger partial charge >= 0.3 is 0 Å². The average Bonchev–Trinajstić information content (AvgIpc) is 2.94. The van der Waals surface area contributed by atoms with Crippen molar-refractivity contribution >= 4 is 5.91 Å². The van der Waals surface area contributed by atoms with Crippen LogP contribution in [0.1, 0.15) is 62.7 Å². The monoisotopic (exact) mass is 532 g/mol. The standard InChI is InChI=1S/C30H39F3N2O3/c1-3-30(33,4-2)20-34-16-13-21(14-17-34)19-38-24-9-7-22(8-10-24)25-11-12-26(28(32)27(25)31)29(37)35-15-5-6-23(36)18-35/h7-12,21,23,36H,3-6,13-20H2,1-2H3. The van der Waals surface area contributed by atoms with Gasteiger partial charge in [-0.25, -0.2) is 13.2 Å². The van der Waals surface area contributed by atoms with Gasteiger partial charge in [-0.15, -0.1) is 0 Å². The van der Waals surface area contributed by atoms with Crippen LogP contribution in [0.3, 0.4) is 0 Å². The van der Waals surface area contributed by atoms with Crippen molar-refractivity contribution in [1.29, 1.82) is 0 Å². The number of carbonyl (C=O) groups excluding carboxylic acids is 1. The Labute approximate surface area is 223 Å². The van der Waals surface area contributed by atoms with E-state index in [2.05, 4.69) is 4.90 Å². The maximum atomic E-state index is 15.0. The van der Waals surface area contributed by atoms with Crippen molar-refractivity contribution in [1.82, 2.24) is 9.80 Å².